The van der Waals surface area contributed by atoms with E-state index in [1.807, 2.05) is 226 Å². The van der Waals surface area contributed by atoms with E-state index >= 15 is 0 Å². The Labute approximate surface area is 848 Å². The van der Waals surface area contributed by atoms with Crippen molar-refractivity contribution >= 4 is 87.2 Å². The van der Waals surface area contributed by atoms with Crippen LogP contribution in [0, 0.1) is 148 Å². The van der Waals surface area contributed by atoms with Gasteiger partial charge in [-0.05, 0) is 243 Å². The molecule has 0 amide bonds. The number of nitriles is 10. The number of benzene rings is 16. The predicted octanol–water partition coefficient (Wildman–Crippen LogP) is 25.4. The van der Waals surface area contributed by atoms with Crippen molar-refractivity contribution < 1.29 is 0 Å². The van der Waals surface area contributed by atoms with Crippen LogP contribution in [0.25, 0.3) is 234 Å². The van der Waals surface area contributed by atoms with Crippen molar-refractivity contribution in [3.8, 4) is 208 Å². The van der Waals surface area contributed by atoms with Crippen LogP contribution in [-0.4, -0.2) is 78.1 Å². The van der Waals surface area contributed by atoms with E-state index in [1.54, 1.807) is 63.2 Å². The summed E-state index contributed by atoms with van der Waals surface area (Å²) in [4.78, 5) is 59.8. The summed E-state index contributed by atoms with van der Waals surface area (Å²) in [5.41, 5.74) is 18.4. The highest BCUT2D eigenvalue weighted by Crippen LogP contribution is 2.49. The van der Waals surface area contributed by atoms with E-state index in [2.05, 4.69) is 119 Å². The quantitative estimate of drug-likeness (QED) is 0.0919. The lowest BCUT2D eigenvalue weighted by Gasteiger charge is -2.20. The Balaban J connectivity index is 0.744. The largest absolute Gasteiger partial charge is 0.307 e. The minimum absolute atomic E-state index is 0.0682. The molecule has 0 fully saturated rings. The number of hydrogen-bond acceptors (Lipinski definition) is 22. The molecule has 8 aromatic heterocycles. The van der Waals surface area contributed by atoms with Crippen LogP contribution in [0.2, 0.25) is 0 Å². The monoisotopic (exact) mass is 1910 g/mol. The fourth-order valence-corrected chi connectivity index (χ4v) is 20.6. The van der Waals surface area contributed by atoms with Gasteiger partial charge < -0.3 is 18.3 Å². The van der Waals surface area contributed by atoms with Gasteiger partial charge in [0.25, 0.3) is 0 Å². The van der Waals surface area contributed by atoms with Crippen molar-refractivity contribution in [3.63, 3.8) is 0 Å². The number of aromatic nitrogens is 16. The number of fused-ring (bicyclic) bond motifs is 12. The topological polar surface area (TPSA) is 412 Å². The van der Waals surface area contributed by atoms with Crippen molar-refractivity contribution in [1.29, 1.82) is 52.6 Å². The van der Waals surface area contributed by atoms with Crippen LogP contribution in [0.5, 0.6) is 0 Å². The first-order valence-corrected chi connectivity index (χ1v) is 47.1. The standard InChI is InChI=1S/C123H66N26/c1-67-134-68(2)137-119(136-67)85-24-30-96-94-21-13-15-23-105(94)149(111(96)51-85)115-55-98(121-139-69(3)135-70(4)140-121)90(64-131)54-113(115)148-104-22-14-12-20-93(104)95-31-25-86(52-110(95)148)120-138-71(5)141-123(145-120)116-92(66-133)45-78(63-130)46-97(116)84-29-35-109-103(50-84)102-49-83(89-43-76(61-128)38-77(44-89)62-129)28-34-108(102)147(109)114-56-99(122-143-117(79-16-8-6-9-17-79)142-118(144-122)80-18-10-7-11-19-80)91(65-132)53-112(114)146-106-32-26-81(87-39-72(57-124)36-73(40-87)58-125)47-100(106)101-48-82(27-33-107(101)146)88-41-74(59-126)37-75(42-88)60-127/h6-56H,1-5H3. The van der Waals surface area contributed by atoms with Crippen molar-refractivity contribution in [2.24, 2.45) is 0 Å². The second-order valence-electron chi connectivity index (χ2n) is 36.1. The van der Waals surface area contributed by atoms with Crippen LogP contribution in [0.4, 0.5) is 0 Å². The summed E-state index contributed by atoms with van der Waals surface area (Å²) in [7, 11) is 0. The number of aryl methyl sites for hydroxylation is 5. The van der Waals surface area contributed by atoms with Gasteiger partial charge in [0, 0.05) is 82.0 Å². The van der Waals surface area contributed by atoms with E-state index in [1.165, 1.54) is 24.3 Å². The number of nitrogens with zero attached hydrogens (tertiary/aromatic N) is 26. The van der Waals surface area contributed by atoms with E-state index in [9.17, 15) is 52.6 Å². The third-order valence-electron chi connectivity index (χ3n) is 27.0. The van der Waals surface area contributed by atoms with Gasteiger partial charge in [0.15, 0.2) is 40.8 Å². The molecule has 0 bridgehead atoms. The van der Waals surface area contributed by atoms with Crippen molar-refractivity contribution in [2.45, 2.75) is 34.6 Å². The first kappa shape index (κ1) is 89.3. The van der Waals surface area contributed by atoms with E-state index in [4.69, 9.17) is 49.8 Å². The number of rotatable bonds is 15. The van der Waals surface area contributed by atoms with Crippen molar-refractivity contribution in [3.05, 3.63) is 394 Å². The van der Waals surface area contributed by atoms with Crippen LogP contribution in [0.3, 0.4) is 0 Å². The maximum absolute atomic E-state index is 12.1. The number of para-hydroxylation sites is 2. The van der Waals surface area contributed by atoms with E-state index < -0.39 is 0 Å². The Morgan fingerprint density at radius 1 is 0.168 bits per heavy atom. The van der Waals surface area contributed by atoms with Gasteiger partial charge >= 0.3 is 0 Å². The summed E-state index contributed by atoms with van der Waals surface area (Å²) in [6, 6.07) is 120. The number of hydrogen-bond donors (Lipinski definition) is 0. The molecule has 0 atom stereocenters. The zero-order chi connectivity index (χ0) is 102. The minimum Gasteiger partial charge on any atom is -0.307 e. The third kappa shape index (κ3) is 15.4. The molecule has 688 valence electrons. The highest BCUT2D eigenvalue weighted by atomic mass is 15.1. The SMILES string of the molecule is Cc1nc(C)nc(-c2ccc3c4ccccc4n(-c4cc(-c5nc(C)nc(C)n5)c(C#N)cc4-n4c5ccccc5c5ccc(-c6nc(C)nc(-c7c(C#N)cc(C#N)cc7-c7ccc8c(c7)c7cc(-c9cc(C#N)cc(C#N)c9)ccc7n8-c7cc(-c8nc(-c9ccccc9)nc(-c9ccccc9)n8)c(C#N)cc7-n7c8ccc(-c9cc(C#N)cc(C#N)c9)cc8c8cc(-c9cc(C#N)cc(C#N)c9)ccc87)n6)cc54)c3c2)n1. The fourth-order valence-electron chi connectivity index (χ4n) is 20.6. The van der Waals surface area contributed by atoms with Crippen LogP contribution in [0.1, 0.15) is 84.8 Å². The van der Waals surface area contributed by atoms with Gasteiger partial charge in [0.1, 0.15) is 29.1 Å². The molecular weight excluding hydrogens is 1840 g/mol. The van der Waals surface area contributed by atoms with Gasteiger partial charge in [-0.2, -0.15) is 52.6 Å². The van der Waals surface area contributed by atoms with Crippen LogP contribution in [0.15, 0.2) is 309 Å². The molecule has 0 N–H and O–H groups in total. The van der Waals surface area contributed by atoms with E-state index in [0.717, 1.165) is 43.7 Å². The third-order valence-corrected chi connectivity index (χ3v) is 27.0. The van der Waals surface area contributed by atoms with Gasteiger partial charge in [0.2, 0.25) is 0 Å². The van der Waals surface area contributed by atoms with Gasteiger partial charge in [-0.25, -0.2) is 59.8 Å². The summed E-state index contributed by atoms with van der Waals surface area (Å²) in [5, 5.41) is 116. The Bertz CT molecular complexity index is 10200. The molecule has 0 saturated heterocycles. The lowest BCUT2D eigenvalue weighted by Crippen LogP contribution is -2.07. The predicted molar refractivity (Wildman–Crippen MR) is 568 cm³/mol. The normalized spacial score (nSPS) is 11.2. The Morgan fingerprint density at radius 2 is 0.450 bits per heavy atom. The Morgan fingerprint density at radius 3 is 0.839 bits per heavy atom. The Hall–Kier alpha value is -22.3. The van der Waals surface area contributed by atoms with Crippen molar-refractivity contribution in [2.75, 3.05) is 0 Å². The van der Waals surface area contributed by atoms with Crippen LogP contribution in [-0.2, 0) is 0 Å². The van der Waals surface area contributed by atoms with Gasteiger partial charge in [-0.15, -0.1) is 0 Å². The lowest BCUT2D eigenvalue weighted by molar-refractivity contribution is 0.927. The molecule has 0 unspecified atom stereocenters. The maximum Gasteiger partial charge on any atom is 0.165 e. The van der Waals surface area contributed by atoms with Crippen molar-refractivity contribution in [1.82, 2.24) is 78.1 Å². The van der Waals surface area contributed by atoms with E-state index in [0.29, 0.717) is 191 Å². The first-order chi connectivity index (χ1) is 72.8. The lowest BCUT2D eigenvalue weighted by atomic mass is 9.91. The molecule has 0 radical (unpaired) electrons. The fraction of sp³-hybridized carbons (Fsp3) is 0.0407. The smallest absolute Gasteiger partial charge is 0.165 e. The molecule has 24 aromatic rings. The van der Waals surface area contributed by atoms with Gasteiger partial charge in [0.05, 0.1) is 183 Å². The average Bonchev–Trinajstić information content (AvgIpc) is 1.55. The maximum atomic E-state index is 12.1. The molecule has 8 heterocycles. The molecule has 0 spiro atoms. The molecular formula is C123H66N26. The summed E-state index contributed by atoms with van der Waals surface area (Å²) in [6.45, 7) is 9.04. The zero-order valence-electron chi connectivity index (χ0n) is 79.6. The second-order valence-corrected chi connectivity index (χ2v) is 36.1. The van der Waals surface area contributed by atoms with E-state index in [-0.39, 0.29) is 84.5 Å². The van der Waals surface area contributed by atoms with Gasteiger partial charge in [-0.3, -0.25) is 0 Å². The average molecular weight is 1910 g/mol. The molecule has 26 heteroatoms. The summed E-state index contributed by atoms with van der Waals surface area (Å²) >= 11 is 0. The highest BCUT2D eigenvalue weighted by Gasteiger charge is 2.31. The first-order valence-electron chi connectivity index (χ1n) is 47.1. The molecule has 0 saturated carbocycles. The minimum atomic E-state index is 0.0682. The molecule has 24 rings (SSSR count). The molecule has 16 aromatic carbocycles. The summed E-state index contributed by atoms with van der Waals surface area (Å²) in [6.07, 6.45) is 0. The van der Waals surface area contributed by atoms with Crippen LogP contribution < -0.4 is 0 Å². The molecule has 0 aliphatic carbocycles. The second kappa shape index (κ2) is 35.8. The summed E-state index contributed by atoms with van der Waals surface area (Å²) in [5.74, 6) is 4.34. The molecule has 149 heavy (non-hydrogen) atoms. The van der Waals surface area contributed by atoms with Gasteiger partial charge in [-0.1, -0.05) is 146 Å². The molecule has 0 aliphatic heterocycles. The summed E-state index contributed by atoms with van der Waals surface area (Å²) < 4.78 is 8.53. The zero-order valence-corrected chi connectivity index (χ0v) is 79.6. The highest BCUT2D eigenvalue weighted by molar-refractivity contribution is 6.17. The van der Waals surface area contributed by atoms with Crippen LogP contribution >= 0.6 is 0 Å². The Kier molecular flexibility index (Phi) is 21.4. The molecule has 26 nitrogen and oxygen atoms in total. The molecule has 0 aliphatic rings.